The molecule has 0 spiro atoms. The first-order chi connectivity index (χ1) is 8.30. The van der Waals surface area contributed by atoms with Crippen LogP contribution in [0.5, 0.6) is 0 Å². The molecule has 1 N–H and O–H groups in total. The molecular formula is C14H27N3. The van der Waals surface area contributed by atoms with Gasteiger partial charge in [-0.1, -0.05) is 20.3 Å². The fourth-order valence-corrected chi connectivity index (χ4v) is 2.46. The third-order valence-corrected chi connectivity index (χ3v) is 3.82. The molecule has 1 aliphatic rings. The third kappa shape index (κ3) is 5.52. The van der Waals surface area contributed by atoms with Gasteiger partial charge in [-0.2, -0.15) is 5.26 Å². The Morgan fingerprint density at radius 3 is 2.59 bits per heavy atom. The van der Waals surface area contributed by atoms with Crippen LogP contribution in [0.3, 0.4) is 0 Å². The molecule has 1 fully saturated rings. The van der Waals surface area contributed by atoms with Gasteiger partial charge in [-0.25, -0.2) is 0 Å². The summed E-state index contributed by atoms with van der Waals surface area (Å²) in [5.74, 6) is 0.941. The quantitative estimate of drug-likeness (QED) is 0.739. The Hall–Kier alpha value is -0.590. The van der Waals surface area contributed by atoms with Crippen LogP contribution >= 0.6 is 0 Å². The van der Waals surface area contributed by atoms with Crippen LogP contribution in [0.25, 0.3) is 0 Å². The summed E-state index contributed by atoms with van der Waals surface area (Å²) in [7, 11) is 0. The zero-order chi connectivity index (χ0) is 12.5. The summed E-state index contributed by atoms with van der Waals surface area (Å²) in [6.07, 6.45) is 6.08. The van der Waals surface area contributed by atoms with Crippen LogP contribution < -0.4 is 5.32 Å². The maximum Gasteiger partial charge on any atom is 0.0965 e. The SMILES string of the molecule is CCCNC(C#N)CCN1CCC(CC)CC1. The molecule has 98 valence electrons. The second-order valence-corrected chi connectivity index (χ2v) is 5.12. The van der Waals surface area contributed by atoms with Crippen molar-refractivity contribution in [2.75, 3.05) is 26.2 Å². The molecule has 1 unspecified atom stereocenters. The monoisotopic (exact) mass is 237 g/mol. The van der Waals surface area contributed by atoms with Gasteiger partial charge >= 0.3 is 0 Å². The molecule has 1 rings (SSSR count). The minimum Gasteiger partial charge on any atom is -0.303 e. The van der Waals surface area contributed by atoms with Crippen LogP contribution in [0.4, 0.5) is 0 Å². The fourth-order valence-electron chi connectivity index (χ4n) is 2.46. The van der Waals surface area contributed by atoms with Gasteiger partial charge in [0.05, 0.1) is 12.1 Å². The van der Waals surface area contributed by atoms with Crippen molar-refractivity contribution in [2.24, 2.45) is 5.92 Å². The second-order valence-electron chi connectivity index (χ2n) is 5.12. The summed E-state index contributed by atoms with van der Waals surface area (Å²) in [6, 6.07) is 2.40. The van der Waals surface area contributed by atoms with E-state index in [0.717, 1.165) is 31.8 Å². The maximum atomic E-state index is 9.03. The molecule has 0 aliphatic carbocycles. The molecule has 0 aromatic rings. The maximum absolute atomic E-state index is 9.03. The molecule has 1 saturated heterocycles. The molecule has 1 aliphatic heterocycles. The van der Waals surface area contributed by atoms with E-state index in [1.54, 1.807) is 0 Å². The van der Waals surface area contributed by atoms with Gasteiger partial charge < -0.3 is 10.2 Å². The van der Waals surface area contributed by atoms with Crippen LogP contribution in [0.2, 0.25) is 0 Å². The first kappa shape index (κ1) is 14.5. The molecule has 3 nitrogen and oxygen atoms in total. The van der Waals surface area contributed by atoms with Crippen molar-refractivity contribution >= 4 is 0 Å². The predicted molar refractivity (Wildman–Crippen MR) is 71.8 cm³/mol. The summed E-state index contributed by atoms with van der Waals surface area (Å²) in [6.45, 7) is 8.91. The lowest BCUT2D eigenvalue weighted by atomic mass is 9.94. The average Bonchev–Trinajstić information content (AvgIpc) is 2.39. The lowest BCUT2D eigenvalue weighted by molar-refractivity contribution is 0.177. The summed E-state index contributed by atoms with van der Waals surface area (Å²) >= 11 is 0. The molecular weight excluding hydrogens is 210 g/mol. The van der Waals surface area contributed by atoms with E-state index in [0.29, 0.717) is 0 Å². The number of piperidine rings is 1. The van der Waals surface area contributed by atoms with Crippen molar-refractivity contribution in [3.05, 3.63) is 0 Å². The summed E-state index contributed by atoms with van der Waals surface area (Å²) in [4.78, 5) is 2.52. The molecule has 0 amide bonds. The minimum absolute atomic E-state index is 0.0406. The largest absolute Gasteiger partial charge is 0.303 e. The minimum atomic E-state index is 0.0406. The van der Waals surface area contributed by atoms with Crippen LogP contribution in [0.1, 0.15) is 46.0 Å². The molecule has 0 aromatic carbocycles. The van der Waals surface area contributed by atoms with Gasteiger partial charge in [0.1, 0.15) is 0 Å². The zero-order valence-corrected chi connectivity index (χ0v) is 11.4. The van der Waals surface area contributed by atoms with Crippen molar-refractivity contribution in [2.45, 2.75) is 52.0 Å². The standard InChI is InChI=1S/C14H27N3/c1-3-8-16-14(12-15)7-11-17-9-5-13(4-2)6-10-17/h13-14,16H,3-11H2,1-2H3. The number of likely N-dealkylation sites (tertiary alicyclic amines) is 1. The molecule has 1 atom stereocenters. The van der Waals surface area contributed by atoms with Crippen molar-refractivity contribution in [1.82, 2.24) is 10.2 Å². The van der Waals surface area contributed by atoms with Crippen molar-refractivity contribution in [1.29, 1.82) is 5.26 Å². The van der Waals surface area contributed by atoms with Crippen molar-refractivity contribution < 1.29 is 0 Å². The second kappa shape index (κ2) is 8.49. The van der Waals surface area contributed by atoms with Gasteiger partial charge in [0, 0.05) is 6.54 Å². The Labute approximate surface area is 106 Å². The lowest BCUT2D eigenvalue weighted by Gasteiger charge is -2.31. The van der Waals surface area contributed by atoms with Gasteiger partial charge in [-0.3, -0.25) is 0 Å². The van der Waals surface area contributed by atoms with Crippen molar-refractivity contribution in [3.8, 4) is 6.07 Å². The van der Waals surface area contributed by atoms with Crippen LogP contribution in [-0.2, 0) is 0 Å². The molecule has 0 aromatic heterocycles. The predicted octanol–water partition coefficient (Wildman–Crippen LogP) is 2.39. The highest BCUT2D eigenvalue weighted by molar-refractivity contribution is 4.90. The smallest absolute Gasteiger partial charge is 0.0965 e. The molecule has 0 radical (unpaired) electrons. The molecule has 1 heterocycles. The van der Waals surface area contributed by atoms with E-state index < -0.39 is 0 Å². The summed E-state index contributed by atoms with van der Waals surface area (Å²) < 4.78 is 0. The molecule has 17 heavy (non-hydrogen) atoms. The third-order valence-electron chi connectivity index (χ3n) is 3.82. The highest BCUT2D eigenvalue weighted by Crippen LogP contribution is 2.19. The highest BCUT2D eigenvalue weighted by atomic mass is 15.1. The Balaban J connectivity index is 2.15. The topological polar surface area (TPSA) is 39.1 Å². The Morgan fingerprint density at radius 1 is 1.35 bits per heavy atom. The zero-order valence-electron chi connectivity index (χ0n) is 11.4. The lowest BCUT2D eigenvalue weighted by Crippen LogP contribution is -2.38. The van der Waals surface area contributed by atoms with Crippen LogP contribution in [0.15, 0.2) is 0 Å². The van der Waals surface area contributed by atoms with Gasteiger partial charge in [0.2, 0.25) is 0 Å². The first-order valence-corrected chi connectivity index (χ1v) is 7.15. The molecule has 0 bridgehead atoms. The van der Waals surface area contributed by atoms with Gasteiger partial charge in [0.25, 0.3) is 0 Å². The Kier molecular flexibility index (Phi) is 7.23. The van der Waals surface area contributed by atoms with E-state index in [9.17, 15) is 0 Å². The number of hydrogen-bond donors (Lipinski definition) is 1. The van der Waals surface area contributed by atoms with E-state index in [4.69, 9.17) is 5.26 Å². The number of nitriles is 1. The average molecular weight is 237 g/mol. The van der Waals surface area contributed by atoms with Crippen molar-refractivity contribution in [3.63, 3.8) is 0 Å². The molecule has 0 saturated carbocycles. The molecule has 3 heteroatoms. The first-order valence-electron chi connectivity index (χ1n) is 7.15. The van der Waals surface area contributed by atoms with Gasteiger partial charge in [-0.15, -0.1) is 0 Å². The Morgan fingerprint density at radius 2 is 2.06 bits per heavy atom. The normalized spacial score (nSPS) is 20.1. The van der Waals surface area contributed by atoms with Gasteiger partial charge in [-0.05, 0) is 51.2 Å². The van der Waals surface area contributed by atoms with E-state index in [-0.39, 0.29) is 6.04 Å². The van der Waals surface area contributed by atoms with E-state index in [1.165, 1.54) is 32.4 Å². The number of hydrogen-bond acceptors (Lipinski definition) is 3. The number of nitrogens with one attached hydrogen (secondary N) is 1. The number of rotatable bonds is 7. The van der Waals surface area contributed by atoms with E-state index in [1.807, 2.05) is 0 Å². The van der Waals surface area contributed by atoms with Crippen LogP contribution in [0, 0.1) is 17.2 Å². The Bertz CT molecular complexity index is 226. The van der Waals surface area contributed by atoms with E-state index in [2.05, 4.69) is 30.1 Å². The summed E-state index contributed by atoms with van der Waals surface area (Å²) in [5, 5.41) is 12.3. The summed E-state index contributed by atoms with van der Waals surface area (Å²) in [5.41, 5.74) is 0. The highest BCUT2D eigenvalue weighted by Gasteiger charge is 2.18. The number of nitrogens with zero attached hydrogens (tertiary/aromatic N) is 2. The van der Waals surface area contributed by atoms with Crippen LogP contribution in [-0.4, -0.2) is 37.1 Å². The van der Waals surface area contributed by atoms with Gasteiger partial charge in [0.15, 0.2) is 0 Å². The fraction of sp³-hybridized carbons (Fsp3) is 0.929. The van der Waals surface area contributed by atoms with E-state index >= 15 is 0 Å².